The van der Waals surface area contributed by atoms with E-state index in [1.165, 1.54) is 0 Å². The van der Waals surface area contributed by atoms with E-state index >= 15 is 0 Å². The van der Waals surface area contributed by atoms with Gasteiger partial charge in [0.15, 0.2) is 17.5 Å². The summed E-state index contributed by atoms with van der Waals surface area (Å²) in [5, 5.41) is 10.8. The van der Waals surface area contributed by atoms with E-state index in [0.29, 0.717) is 17.2 Å². The first-order valence-electron chi connectivity index (χ1n) is 9.50. The molecule has 0 atom stereocenters. The molecule has 8 heteroatoms. The third kappa shape index (κ3) is 6.07. The van der Waals surface area contributed by atoms with E-state index < -0.39 is 0 Å². The van der Waals surface area contributed by atoms with Gasteiger partial charge in [0.1, 0.15) is 0 Å². The molecule has 8 nitrogen and oxygen atoms in total. The largest absolute Gasteiger partial charge is 0.493 e. The number of hydrogen-bond acceptors (Lipinski definition) is 5. The molecule has 1 heterocycles. The van der Waals surface area contributed by atoms with E-state index in [0.717, 1.165) is 50.5 Å². The minimum absolute atomic E-state index is 0.613. The normalized spacial score (nSPS) is 11.2. The Hall–Kier alpha value is -2.90. The summed E-state index contributed by atoms with van der Waals surface area (Å²) in [5.74, 6) is 2.78. The van der Waals surface area contributed by atoms with Gasteiger partial charge in [-0.05, 0) is 31.9 Å². The van der Waals surface area contributed by atoms with Crippen LogP contribution in [0.2, 0.25) is 0 Å². The number of rotatable bonds is 11. The van der Waals surface area contributed by atoms with Crippen molar-refractivity contribution >= 4 is 5.96 Å². The van der Waals surface area contributed by atoms with E-state index in [2.05, 4.69) is 27.6 Å². The Kier molecular flexibility index (Phi) is 8.97. The number of aryl methyl sites for hydroxylation is 1. The number of methoxy groups -OCH3 is 3. The van der Waals surface area contributed by atoms with Crippen LogP contribution in [0.25, 0.3) is 0 Å². The number of hydrogen-bond donors (Lipinski definition) is 2. The van der Waals surface area contributed by atoms with Crippen molar-refractivity contribution in [2.75, 3.05) is 41.0 Å². The van der Waals surface area contributed by atoms with Crippen LogP contribution in [-0.4, -0.2) is 56.7 Å². The second-order valence-corrected chi connectivity index (χ2v) is 6.05. The van der Waals surface area contributed by atoms with E-state index in [1.807, 2.05) is 29.1 Å². The predicted octanol–water partition coefficient (Wildman–Crippen LogP) is 2.10. The SMILES string of the molecule is CCNC(=NCCCn1cccn1)NCCc1ccc(OC)c(OC)c1OC. The lowest BCUT2D eigenvalue weighted by Gasteiger charge is -2.16. The Morgan fingerprint density at radius 1 is 1.11 bits per heavy atom. The van der Waals surface area contributed by atoms with Gasteiger partial charge < -0.3 is 24.8 Å². The van der Waals surface area contributed by atoms with Gasteiger partial charge in [-0.1, -0.05) is 6.07 Å². The quantitative estimate of drug-likeness (QED) is 0.348. The molecule has 0 fully saturated rings. The van der Waals surface area contributed by atoms with Crippen molar-refractivity contribution in [3.8, 4) is 17.2 Å². The molecule has 0 aliphatic rings. The lowest BCUT2D eigenvalue weighted by atomic mass is 10.1. The molecule has 0 amide bonds. The monoisotopic (exact) mass is 389 g/mol. The highest BCUT2D eigenvalue weighted by molar-refractivity contribution is 5.79. The van der Waals surface area contributed by atoms with Crippen LogP contribution in [-0.2, 0) is 13.0 Å². The Balaban J connectivity index is 1.90. The van der Waals surface area contributed by atoms with Crippen LogP contribution >= 0.6 is 0 Å². The molecule has 0 spiro atoms. The minimum Gasteiger partial charge on any atom is -0.493 e. The topological polar surface area (TPSA) is 81.9 Å². The molecule has 0 saturated carbocycles. The van der Waals surface area contributed by atoms with Crippen LogP contribution < -0.4 is 24.8 Å². The standard InChI is InChI=1S/C20H31N5O3/c1-5-21-20(22-11-6-14-25-15-7-12-24-25)23-13-10-16-8-9-17(26-2)19(28-4)18(16)27-3/h7-9,12,15H,5-6,10-11,13-14H2,1-4H3,(H2,21,22,23). The first kappa shape index (κ1) is 21.4. The zero-order chi connectivity index (χ0) is 20.2. The van der Waals surface area contributed by atoms with Gasteiger partial charge in [-0.3, -0.25) is 9.67 Å². The van der Waals surface area contributed by atoms with Crippen molar-refractivity contribution in [1.29, 1.82) is 0 Å². The fraction of sp³-hybridized carbons (Fsp3) is 0.500. The summed E-state index contributed by atoms with van der Waals surface area (Å²) in [4.78, 5) is 4.63. The van der Waals surface area contributed by atoms with Gasteiger partial charge in [0.2, 0.25) is 5.75 Å². The number of benzene rings is 1. The Morgan fingerprint density at radius 3 is 2.57 bits per heavy atom. The molecule has 0 radical (unpaired) electrons. The third-order valence-corrected chi connectivity index (χ3v) is 4.19. The predicted molar refractivity (Wildman–Crippen MR) is 111 cm³/mol. The summed E-state index contributed by atoms with van der Waals surface area (Å²) in [6, 6.07) is 5.82. The molecule has 154 valence electrons. The first-order chi connectivity index (χ1) is 13.7. The highest BCUT2D eigenvalue weighted by atomic mass is 16.5. The molecule has 1 aromatic heterocycles. The van der Waals surface area contributed by atoms with Crippen molar-refractivity contribution < 1.29 is 14.2 Å². The van der Waals surface area contributed by atoms with Crippen molar-refractivity contribution in [2.45, 2.75) is 26.3 Å². The molecule has 0 aliphatic heterocycles. The van der Waals surface area contributed by atoms with Crippen LogP contribution in [0.4, 0.5) is 0 Å². The average molecular weight is 390 g/mol. The van der Waals surface area contributed by atoms with Crippen LogP contribution in [0.5, 0.6) is 17.2 Å². The van der Waals surface area contributed by atoms with E-state index in [9.17, 15) is 0 Å². The summed E-state index contributed by atoms with van der Waals surface area (Å²) < 4.78 is 18.2. The molecule has 2 aromatic rings. The highest BCUT2D eigenvalue weighted by Gasteiger charge is 2.15. The van der Waals surface area contributed by atoms with E-state index in [1.54, 1.807) is 27.5 Å². The number of nitrogens with one attached hydrogen (secondary N) is 2. The molecule has 0 unspecified atom stereocenters. The lowest BCUT2D eigenvalue weighted by Crippen LogP contribution is -2.38. The fourth-order valence-electron chi connectivity index (χ4n) is 2.87. The van der Waals surface area contributed by atoms with Crippen LogP contribution in [0.15, 0.2) is 35.6 Å². The summed E-state index contributed by atoms with van der Waals surface area (Å²) in [5.41, 5.74) is 1.04. The summed E-state index contributed by atoms with van der Waals surface area (Å²) >= 11 is 0. The number of aromatic nitrogens is 2. The maximum Gasteiger partial charge on any atom is 0.203 e. The summed E-state index contributed by atoms with van der Waals surface area (Å²) in [6.45, 7) is 5.17. The van der Waals surface area contributed by atoms with Crippen LogP contribution in [0, 0.1) is 0 Å². The molecule has 0 saturated heterocycles. The second-order valence-electron chi connectivity index (χ2n) is 6.05. The van der Waals surface area contributed by atoms with Crippen molar-refractivity contribution in [1.82, 2.24) is 20.4 Å². The van der Waals surface area contributed by atoms with Crippen molar-refractivity contribution in [2.24, 2.45) is 4.99 Å². The molecule has 0 bridgehead atoms. The number of aliphatic imine (C=N–C) groups is 1. The zero-order valence-electron chi connectivity index (χ0n) is 17.2. The Bertz CT molecular complexity index is 732. The van der Waals surface area contributed by atoms with Gasteiger partial charge >= 0.3 is 0 Å². The number of guanidine groups is 1. The van der Waals surface area contributed by atoms with Crippen LogP contribution in [0.1, 0.15) is 18.9 Å². The van der Waals surface area contributed by atoms with Gasteiger partial charge in [-0.2, -0.15) is 5.10 Å². The molecule has 2 rings (SSSR count). The zero-order valence-corrected chi connectivity index (χ0v) is 17.2. The highest BCUT2D eigenvalue weighted by Crippen LogP contribution is 2.39. The molecule has 2 N–H and O–H groups in total. The maximum absolute atomic E-state index is 5.54. The van der Waals surface area contributed by atoms with Gasteiger partial charge in [0.25, 0.3) is 0 Å². The molecule has 28 heavy (non-hydrogen) atoms. The third-order valence-electron chi connectivity index (χ3n) is 4.19. The van der Waals surface area contributed by atoms with E-state index in [4.69, 9.17) is 14.2 Å². The smallest absolute Gasteiger partial charge is 0.203 e. The van der Waals surface area contributed by atoms with Gasteiger partial charge in [-0.15, -0.1) is 0 Å². The van der Waals surface area contributed by atoms with E-state index in [-0.39, 0.29) is 0 Å². The number of ether oxygens (including phenoxy) is 3. The van der Waals surface area contributed by atoms with Crippen molar-refractivity contribution in [3.05, 3.63) is 36.2 Å². The second kappa shape index (κ2) is 11.7. The lowest BCUT2D eigenvalue weighted by molar-refractivity contribution is 0.322. The Labute approximate surface area is 166 Å². The molecular weight excluding hydrogens is 358 g/mol. The van der Waals surface area contributed by atoms with Gasteiger partial charge in [0.05, 0.1) is 21.3 Å². The minimum atomic E-state index is 0.613. The van der Waals surface area contributed by atoms with Gasteiger partial charge in [0, 0.05) is 44.1 Å². The fourth-order valence-corrected chi connectivity index (χ4v) is 2.87. The molecule has 1 aromatic carbocycles. The van der Waals surface area contributed by atoms with Crippen LogP contribution in [0.3, 0.4) is 0 Å². The summed E-state index contributed by atoms with van der Waals surface area (Å²) in [6.07, 6.45) is 5.45. The molecular formula is C20H31N5O3. The Morgan fingerprint density at radius 2 is 1.93 bits per heavy atom. The average Bonchev–Trinajstić information content (AvgIpc) is 3.23. The number of nitrogens with zero attached hydrogens (tertiary/aromatic N) is 3. The summed E-state index contributed by atoms with van der Waals surface area (Å²) in [7, 11) is 4.87. The molecule has 0 aliphatic carbocycles. The maximum atomic E-state index is 5.54. The first-order valence-corrected chi connectivity index (χ1v) is 9.50. The van der Waals surface area contributed by atoms with Crippen molar-refractivity contribution in [3.63, 3.8) is 0 Å². The van der Waals surface area contributed by atoms with Gasteiger partial charge in [-0.25, -0.2) is 0 Å².